The van der Waals surface area contributed by atoms with Crippen molar-refractivity contribution in [1.29, 1.82) is 0 Å². The normalized spacial score (nSPS) is 18.0. The molecule has 2 heterocycles. The van der Waals surface area contributed by atoms with Crippen LogP contribution in [-0.4, -0.2) is 44.0 Å². The topological polar surface area (TPSA) is 102 Å². The Balaban J connectivity index is 1.64. The van der Waals surface area contributed by atoms with Crippen LogP contribution in [0, 0.1) is 19.8 Å². The molecule has 1 aliphatic heterocycles. The molecule has 0 spiro atoms. The second kappa shape index (κ2) is 8.32. The molecular formula is C19H25N3O5S. The number of amides is 1. The highest BCUT2D eigenvalue weighted by molar-refractivity contribution is 7.89. The predicted molar refractivity (Wildman–Crippen MR) is 102 cm³/mol. The maximum atomic E-state index is 13.0. The van der Waals surface area contributed by atoms with E-state index in [0.29, 0.717) is 31.6 Å². The SMILES string of the molecule is COc1ccc(CNC(=O)C2CCCN(S(=O)(=O)c3c(C)noc3C)C2)cc1. The highest BCUT2D eigenvalue weighted by atomic mass is 32.2. The molecule has 0 saturated carbocycles. The van der Waals surface area contributed by atoms with E-state index in [1.54, 1.807) is 21.0 Å². The van der Waals surface area contributed by atoms with Gasteiger partial charge in [-0.3, -0.25) is 4.79 Å². The first-order valence-electron chi connectivity index (χ1n) is 9.16. The molecule has 1 aromatic heterocycles. The molecule has 9 heteroatoms. The number of piperidine rings is 1. The van der Waals surface area contributed by atoms with E-state index in [1.807, 2.05) is 24.3 Å². The summed E-state index contributed by atoms with van der Waals surface area (Å²) in [6.07, 6.45) is 1.28. The van der Waals surface area contributed by atoms with Gasteiger partial charge in [0, 0.05) is 19.6 Å². The number of ether oxygens (including phenoxy) is 1. The monoisotopic (exact) mass is 407 g/mol. The summed E-state index contributed by atoms with van der Waals surface area (Å²) in [6, 6.07) is 7.43. The number of aryl methyl sites for hydroxylation is 2. The summed E-state index contributed by atoms with van der Waals surface area (Å²) in [4.78, 5) is 12.7. The molecule has 2 aromatic rings. The summed E-state index contributed by atoms with van der Waals surface area (Å²) in [5.41, 5.74) is 1.29. The molecule has 1 atom stereocenters. The summed E-state index contributed by atoms with van der Waals surface area (Å²) in [5.74, 6) is 0.489. The van der Waals surface area contributed by atoms with Gasteiger partial charge in [0.1, 0.15) is 16.3 Å². The van der Waals surface area contributed by atoms with Crippen molar-refractivity contribution in [2.24, 2.45) is 5.92 Å². The number of nitrogens with zero attached hydrogens (tertiary/aromatic N) is 2. The fraction of sp³-hybridized carbons (Fsp3) is 0.474. The standard InChI is InChI=1S/C19H25N3O5S/c1-13-18(14(2)27-21-13)28(24,25)22-10-4-5-16(12-22)19(23)20-11-15-6-8-17(26-3)9-7-15/h6-9,16H,4-5,10-12H2,1-3H3,(H,20,23). The van der Waals surface area contributed by atoms with Gasteiger partial charge in [-0.2, -0.15) is 4.31 Å². The first-order valence-corrected chi connectivity index (χ1v) is 10.6. The number of carbonyl (C=O) groups excluding carboxylic acids is 1. The Labute approximate surface area is 164 Å². The first kappa shape index (κ1) is 20.3. The van der Waals surface area contributed by atoms with E-state index in [4.69, 9.17) is 9.26 Å². The summed E-state index contributed by atoms with van der Waals surface area (Å²) in [6.45, 7) is 4.10. The lowest BCUT2D eigenvalue weighted by Crippen LogP contribution is -2.45. The molecule has 1 saturated heterocycles. The van der Waals surface area contributed by atoms with Crippen molar-refractivity contribution in [2.45, 2.75) is 38.1 Å². The van der Waals surface area contributed by atoms with Crippen LogP contribution < -0.4 is 10.1 Å². The number of aromatic nitrogens is 1. The van der Waals surface area contributed by atoms with Gasteiger partial charge in [-0.15, -0.1) is 0 Å². The van der Waals surface area contributed by atoms with Crippen LogP contribution in [0.4, 0.5) is 0 Å². The van der Waals surface area contributed by atoms with E-state index in [0.717, 1.165) is 11.3 Å². The Kier molecular flexibility index (Phi) is 6.04. The molecule has 1 aliphatic rings. The van der Waals surface area contributed by atoms with Gasteiger partial charge < -0.3 is 14.6 Å². The number of nitrogens with one attached hydrogen (secondary N) is 1. The van der Waals surface area contributed by atoms with Gasteiger partial charge in [0.2, 0.25) is 15.9 Å². The van der Waals surface area contributed by atoms with Crippen molar-refractivity contribution in [2.75, 3.05) is 20.2 Å². The minimum atomic E-state index is -3.74. The maximum absolute atomic E-state index is 13.0. The van der Waals surface area contributed by atoms with E-state index in [1.165, 1.54) is 4.31 Å². The van der Waals surface area contributed by atoms with Crippen molar-refractivity contribution >= 4 is 15.9 Å². The lowest BCUT2D eigenvalue weighted by atomic mass is 9.99. The van der Waals surface area contributed by atoms with Crippen molar-refractivity contribution in [3.05, 3.63) is 41.3 Å². The maximum Gasteiger partial charge on any atom is 0.248 e. The van der Waals surface area contributed by atoms with Gasteiger partial charge in [-0.05, 0) is 44.4 Å². The number of methoxy groups -OCH3 is 1. The predicted octanol–water partition coefficient (Wildman–Crippen LogP) is 2.02. The fourth-order valence-electron chi connectivity index (χ4n) is 3.42. The average Bonchev–Trinajstić information content (AvgIpc) is 3.05. The molecule has 1 aromatic carbocycles. The zero-order chi connectivity index (χ0) is 20.3. The Morgan fingerprint density at radius 1 is 1.32 bits per heavy atom. The first-order chi connectivity index (χ1) is 13.3. The largest absolute Gasteiger partial charge is 0.497 e. The Morgan fingerprint density at radius 2 is 2.04 bits per heavy atom. The molecule has 8 nitrogen and oxygen atoms in total. The third-order valence-electron chi connectivity index (χ3n) is 4.95. The van der Waals surface area contributed by atoms with Crippen molar-refractivity contribution in [3.63, 3.8) is 0 Å². The molecule has 0 aliphatic carbocycles. The zero-order valence-electron chi connectivity index (χ0n) is 16.3. The molecule has 1 unspecified atom stereocenters. The Morgan fingerprint density at radius 3 is 2.64 bits per heavy atom. The number of benzene rings is 1. The van der Waals surface area contributed by atoms with Crippen LogP contribution in [-0.2, 0) is 21.4 Å². The molecular weight excluding hydrogens is 382 g/mol. The molecule has 1 N–H and O–H groups in total. The van der Waals surface area contributed by atoms with Crippen LogP contribution in [0.2, 0.25) is 0 Å². The fourth-order valence-corrected chi connectivity index (χ4v) is 5.24. The van der Waals surface area contributed by atoms with Gasteiger partial charge >= 0.3 is 0 Å². The average molecular weight is 407 g/mol. The smallest absolute Gasteiger partial charge is 0.248 e. The number of hydrogen-bond acceptors (Lipinski definition) is 6. The molecule has 152 valence electrons. The van der Waals surface area contributed by atoms with Crippen LogP contribution >= 0.6 is 0 Å². The van der Waals surface area contributed by atoms with Crippen molar-refractivity contribution in [1.82, 2.24) is 14.8 Å². The summed E-state index contributed by atoms with van der Waals surface area (Å²) in [7, 11) is -2.14. The van der Waals surface area contributed by atoms with E-state index >= 15 is 0 Å². The van der Waals surface area contributed by atoms with Crippen LogP contribution in [0.5, 0.6) is 5.75 Å². The van der Waals surface area contributed by atoms with Gasteiger partial charge in [-0.1, -0.05) is 17.3 Å². The lowest BCUT2D eigenvalue weighted by molar-refractivity contribution is -0.126. The van der Waals surface area contributed by atoms with Crippen LogP contribution in [0.1, 0.15) is 29.9 Å². The molecule has 3 rings (SSSR count). The van der Waals surface area contributed by atoms with Crippen LogP contribution in [0.15, 0.2) is 33.7 Å². The Bertz CT molecular complexity index is 917. The molecule has 0 bridgehead atoms. The number of sulfonamides is 1. The quantitative estimate of drug-likeness (QED) is 0.786. The van der Waals surface area contributed by atoms with Crippen molar-refractivity contribution < 1.29 is 22.5 Å². The molecule has 0 radical (unpaired) electrons. The Hall–Kier alpha value is -2.39. The van der Waals surface area contributed by atoms with E-state index in [2.05, 4.69) is 10.5 Å². The number of rotatable bonds is 6. The third kappa shape index (κ3) is 4.20. The molecule has 1 amide bonds. The molecule has 28 heavy (non-hydrogen) atoms. The van der Waals surface area contributed by atoms with Gasteiger partial charge in [0.05, 0.1) is 13.0 Å². The van der Waals surface area contributed by atoms with Crippen LogP contribution in [0.3, 0.4) is 0 Å². The zero-order valence-corrected chi connectivity index (χ0v) is 17.1. The van der Waals surface area contributed by atoms with Gasteiger partial charge in [-0.25, -0.2) is 8.42 Å². The summed E-state index contributed by atoms with van der Waals surface area (Å²) in [5, 5.41) is 6.64. The van der Waals surface area contributed by atoms with E-state index in [9.17, 15) is 13.2 Å². The number of hydrogen-bond donors (Lipinski definition) is 1. The highest BCUT2D eigenvalue weighted by Crippen LogP contribution is 2.27. The van der Waals surface area contributed by atoms with E-state index < -0.39 is 10.0 Å². The third-order valence-corrected chi connectivity index (χ3v) is 7.06. The second-order valence-electron chi connectivity index (χ2n) is 6.92. The van der Waals surface area contributed by atoms with Crippen LogP contribution in [0.25, 0.3) is 0 Å². The highest BCUT2D eigenvalue weighted by Gasteiger charge is 2.36. The van der Waals surface area contributed by atoms with Crippen molar-refractivity contribution in [3.8, 4) is 5.75 Å². The van der Waals surface area contributed by atoms with Gasteiger partial charge in [0.15, 0.2) is 5.76 Å². The molecule has 1 fully saturated rings. The van der Waals surface area contributed by atoms with E-state index in [-0.39, 0.29) is 29.0 Å². The lowest BCUT2D eigenvalue weighted by Gasteiger charge is -2.31. The van der Waals surface area contributed by atoms with Gasteiger partial charge in [0.25, 0.3) is 0 Å². The number of carbonyl (C=O) groups is 1. The minimum absolute atomic E-state index is 0.104. The second-order valence-corrected chi connectivity index (χ2v) is 8.80. The minimum Gasteiger partial charge on any atom is -0.497 e. The summed E-state index contributed by atoms with van der Waals surface area (Å²) < 4.78 is 37.4. The summed E-state index contributed by atoms with van der Waals surface area (Å²) >= 11 is 0.